The van der Waals surface area contributed by atoms with Gasteiger partial charge in [-0.15, -0.1) is 10.2 Å². The van der Waals surface area contributed by atoms with Gasteiger partial charge in [0.2, 0.25) is 15.9 Å². The van der Waals surface area contributed by atoms with Gasteiger partial charge in [-0.2, -0.15) is 4.31 Å². The van der Waals surface area contributed by atoms with Crippen LogP contribution in [0, 0.1) is 6.92 Å². The largest absolute Gasteiger partial charge is 0.324 e. The molecule has 1 aromatic heterocycles. The van der Waals surface area contributed by atoms with E-state index in [4.69, 9.17) is 11.6 Å². The van der Waals surface area contributed by atoms with E-state index < -0.39 is 10.0 Å². The number of rotatable bonds is 7. The van der Waals surface area contributed by atoms with E-state index in [1.807, 2.05) is 6.92 Å². The lowest BCUT2D eigenvalue weighted by Crippen LogP contribution is -2.32. The number of amides is 1. The minimum atomic E-state index is -3.62. The lowest BCUT2D eigenvalue weighted by atomic mass is 10.2. The number of anilines is 1. The van der Waals surface area contributed by atoms with Crippen LogP contribution < -0.4 is 5.32 Å². The number of nitrogens with zero attached hydrogens (tertiary/aromatic N) is 4. The molecule has 0 bridgehead atoms. The van der Waals surface area contributed by atoms with Crippen LogP contribution in [0.4, 0.5) is 5.69 Å². The highest BCUT2D eigenvalue weighted by molar-refractivity contribution is 7.99. The maximum absolute atomic E-state index is 13.1. The predicted octanol–water partition coefficient (Wildman–Crippen LogP) is 3.87. The molecule has 8 nitrogen and oxygen atoms in total. The van der Waals surface area contributed by atoms with E-state index in [0.29, 0.717) is 29.8 Å². The number of sulfonamides is 1. The fraction of sp³-hybridized carbons (Fsp3) is 0.550. The Hall–Kier alpha value is -1.62. The minimum absolute atomic E-state index is 0.129. The number of thioether (sulfide) groups is 1. The third kappa shape index (κ3) is 5.24. The number of aryl methyl sites for hydroxylation is 1. The first kappa shape index (κ1) is 22.6. The first-order valence-electron chi connectivity index (χ1n) is 10.5. The van der Waals surface area contributed by atoms with Crippen LogP contribution in [0.15, 0.2) is 28.3 Å². The molecular weight excluding hydrogens is 458 g/mol. The molecule has 2 aliphatic rings. The number of halogens is 1. The summed E-state index contributed by atoms with van der Waals surface area (Å²) < 4.78 is 29.7. The highest BCUT2D eigenvalue weighted by atomic mass is 35.5. The monoisotopic (exact) mass is 483 g/mol. The number of aromatic nitrogens is 3. The van der Waals surface area contributed by atoms with Crippen molar-refractivity contribution < 1.29 is 13.2 Å². The maximum atomic E-state index is 13.1. The van der Waals surface area contributed by atoms with Crippen LogP contribution in [-0.4, -0.2) is 52.2 Å². The molecule has 31 heavy (non-hydrogen) atoms. The van der Waals surface area contributed by atoms with Crippen LogP contribution in [0.3, 0.4) is 0 Å². The Morgan fingerprint density at radius 3 is 2.58 bits per heavy atom. The van der Waals surface area contributed by atoms with Gasteiger partial charge in [0.05, 0.1) is 21.4 Å². The highest BCUT2D eigenvalue weighted by Gasteiger charge is 2.29. The van der Waals surface area contributed by atoms with Crippen LogP contribution >= 0.6 is 23.4 Å². The molecule has 1 aliphatic heterocycles. The Morgan fingerprint density at radius 2 is 1.90 bits per heavy atom. The van der Waals surface area contributed by atoms with Crippen molar-refractivity contribution in [2.24, 2.45) is 0 Å². The molecular formula is C20H26ClN5O3S2. The number of carbonyl (C=O) groups excluding carboxylic acids is 1. The third-order valence-electron chi connectivity index (χ3n) is 5.49. The van der Waals surface area contributed by atoms with Crippen LogP contribution in [0.25, 0.3) is 0 Å². The molecule has 0 spiro atoms. The van der Waals surface area contributed by atoms with Crippen molar-refractivity contribution >= 4 is 45.0 Å². The zero-order valence-corrected chi connectivity index (χ0v) is 19.8. The fourth-order valence-electron chi connectivity index (χ4n) is 3.71. The number of carbonyl (C=O) groups is 1. The Morgan fingerprint density at radius 1 is 1.19 bits per heavy atom. The molecule has 4 rings (SSSR count). The molecule has 1 aliphatic carbocycles. The van der Waals surface area contributed by atoms with Crippen LogP contribution in [0.1, 0.15) is 50.4 Å². The van der Waals surface area contributed by atoms with Crippen LogP contribution in [0.5, 0.6) is 0 Å². The summed E-state index contributed by atoms with van der Waals surface area (Å²) in [5.74, 6) is 0.698. The van der Waals surface area contributed by atoms with Gasteiger partial charge in [0.1, 0.15) is 5.82 Å². The molecule has 1 saturated carbocycles. The second-order valence-corrected chi connectivity index (χ2v) is 11.2. The summed E-state index contributed by atoms with van der Waals surface area (Å²) >= 11 is 7.55. The van der Waals surface area contributed by atoms with Crippen LogP contribution in [0.2, 0.25) is 5.02 Å². The number of hydrogen-bond acceptors (Lipinski definition) is 6. The van der Waals surface area contributed by atoms with Crippen molar-refractivity contribution in [3.05, 3.63) is 29.0 Å². The molecule has 1 N–H and O–H groups in total. The van der Waals surface area contributed by atoms with Gasteiger partial charge in [0, 0.05) is 19.1 Å². The second-order valence-electron chi connectivity index (χ2n) is 7.93. The van der Waals surface area contributed by atoms with Crippen molar-refractivity contribution in [1.29, 1.82) is 0 Å². The summed E-state index contributed by atoms with van der Waals surface area (Å²) in [6, 6.07) is 4.88. The van der Waals surface area contributed by atoms with E-state index in [2.05, 4.69) is 20.1 Å². The molecule has 11 heteroatoms. The molecule has 0 atom stereocenters. The molecule has 2 fully saturated rings. The zero-order chi connectivity index (χ0) is 22.0. The molecule has 1 amide bonds. The van der Waals surface area contributed by atoms with Gasteiger partial charge in [-0.1, -0.05) is 36.2 Å². The molecule has 2 aromatic rings. The lowest BCUT2D eigenvalue weighted by Gasteiger charge is -2.20. The van der Waals surface area contributed by atoms with Gasteiger partial charge < -0.3 is 9.88 Å². The van der Waals surface area contributed by atoms with Crippen molar-refractivity contribution in [1.82, 2.24) is 19.1 Å². The predicted molar refractivity (Wildman–Crippen MR) is 121 cm³/mol. The molecule has 1 saturated heterocycles. The summed E-state index contributed by atoms with van der Waals surface area (Å²) in [6.07, 6.45) is 6.01. The number of nitrogens with one attached hydrogen (secondary N) is 1. The normalized spacial score (nSPS) is 18.0. The van der Waals surface area contributed by atoms with E-state index in [1.165, 1.54) is 34.3 Å². The van der Waals surface area contributed by atoms with E-state index in [-0.39, 0.29) is 16.6 Å². The first-order valence-corrected chi connectivity index (χ1v) is 13.3. The summed E-state index contributed by atoms with van der Waals surface area (Å²) in [4.78, 5) is 12.7. The Bertz CT molecular complexity index is 1060. The quantitative estimate of drug-likeness (QED) is 0.600. The average molecular weight is 484 g/mol. The zero-order valence-electron chi connectivity index (χ0n) is 17.4. The number of benzene rings is 1. The molecule has 0 unspecified atom stereocenters. The topological polar surface area (TPSA) is 97.2 Å². The Kier molecular flexibility index (Phi) is 6.90. The van der Waals surface area contributed by atoms with E-state index >= 15 is 0 Å². The molecule has 0 radical (unpaired) electrons. The van der Waals surface area contributed by atoms with Gasteiger partial charge in [-0.25, -0.2) is 8.42 Å². The Balaban J connectivity index is 1.44. The lowest BCUT2D eigenvalue weighted by molar-refractivity contribution is -0.113. The van der Waals surface area contributed by atoms with Gasteiger partial charge in [0.15, 0.2) is 5.16 Å². The van der Waals surface area contributed by atoms with Crippen molar-refractivity contribution in [2.45, 2.75) is 61.5 Å². The van der Waals surface area contributed by atoms with E-state index in [9.17, 15) is 13.2 Å². The number of hydrogen-bond donors (Lipinski definition) is 1. The molecule has 1 aromatic carbocycles. The van der Waals surface area contributed by atoms with Crippen molar-refractivity contribution in [3.8, 4) is 0 Å². The van der Waals surface area contributed by atoms with Crippen molar-refractivity contribution in [3.63, 3.8) is 0 Å². The van der Waals surface area contributed by atoms with E-state index in [1.54, 1.807) is 0 Å². The second kappa shape index (κ2) is 9.48. The summed E-state index contributed by atoms with van der Waals surface area (Å²) in [6.45, 7) is 2.94. The standard InChI is InChI=1S/C20H26ClN5O3S2/c1-14-23-24-20(26(14)15-6-7-15)30-13-19(27)22-18-12-16(8-9-17(18)21)31(28,29)25-10-4-2-3-5-11-25/h8-9,12,15H,2-7,10-11,13H2,1H3,(H,22,27). The van der Waals surface area contributed by atoms with Crippen molar-refractivity contribution in [2.75, 3.05) is 24.2 Å². The highest BCUT2D eigenvalue weighted by Crippen LogP contribution is 2.38. The average Bonchev–Trinajstić information content (AvgIpc) is 3.54. The smallest absolute Gasteiger partial charge is 0.243 e. The fourth-order valence-corrected chi connectivity index (χ4v) is 6.27. The molecule has 168 valence electrons. The van der Waals surface area contributed by atoms with Gasteiger partial charge in [-0.3, -0.25) is 4.79 Å². The van der Waals surface area contributed by atoms with Gasteiger partial charge in [0.25, 0.3) is 0 Å². The van der Waals surface area contributed by atoms with Crippen LogP contribution in [-0.2, 0) is 14.8 Å². The third-order valence-corrected chi connectivity index (χ3v) is 8.66. The van der Waals surface area contributed by atoms with Gasteiger partial charge in [-0.05, 0) is 50.8 Å². The molecule has 2 heterocycles. The SMILES string of the molecule is Cc1nnc(SCC(=O)Nc2cc(S(=O)(=O)N3CCCCCC3)ccc2Cl)n1C1CC1. The summed E-state index contributed by atoms with van der Waals surface area (Å²) in [5.41, 5.74) is 0.294. The van der Waals surface area contributed by atoms with Gasteiger partial charge >= 0.3 is 0 Å². The Labute approximate surface area is 191 Å². The summed E-state index contributed by atoms with van der Waals surface area (Å²) in [5, 5.41) is 12.0. The van der Waals surface area contributed by atoms with E-state index in [0.717, 1.165) is 49.5 Å². The maximum Gasteiger partial charge on any atom is 0.243 e. The first-order chi connectivity index (χ1) is 14.9. The summed E-state index contributed by atoms with van der Waals surface area (Å²) in [7, 11) is -3.62. The minimum Gasteiger partial charge on any atom is -0.324 e.